The number of amides is 2. The van der Waals surface area contributed by atoms with Crippen LogP contribution in [0.3, 0.4) is 0 Å². The van der Waals surface area contributed by atoms with Crippen molar-refractivity contribution in [3.63, 3.8) is 0 Å². The lowest BCUT2D eigenvalue weighted by Crippen LogP contribution is -2.36. The molecule has 8 nitrogen and oxygen atoms in total. The number of carboxylic acids is 1. The van der Waals surface area contributed by atoms with Gasteiger partial charge < -0.3 is 24.8 Å². The third kappa shape index (κ3) is 4.37. The van der Waals surface area contributed by atoms with Crippen molar-refractivity contribution in [3.05, 3.63) is 59.7 Å². The fraction of sp³-hybridized carbons (Fsp3) is 0.423. The number of hydrogen-bond acceptors (Lipinski definition) is 5. The molecule has 2 aromatic rings. The van der Waals surface area contributed by atoms with Crippen molar-refractivity contribution < 1.29 is 29.0 Å². The van der Waals surface area contributed by atoms with Crippen LogP contribution in [0.15, 0.2) is 48.5 Å². The zero-order valence-electron chi connectivity index (χ0n) is 18.8. The zero-order valence-corrected chi connectivity index (χ0v) is 18.8. The Kier molecular flexibility index (Phi) is 6.24. The van der Waals surface area contributed by atoms with Crippen LogP contribution in [0.2, 0.25) is 0 Å². The number of carbonyl (C=O) groups excluding carboxylic acids is 2. The third-order valence-electron chi connectivity index (χ3n) is 7.10. The van der Waals surface area contributed by atoms with Gasteiger partial charge in [-0.15, -0.1) is 0 Å². The summed E-state index contributed by atoms with van der Waals surface area (Å²) in [6.07, 6.45) is 0.203. The summed E-state index contributed by atoms with van der Waals surface area (Å²) in [6.45, 7) is 1.51. The average Bonchev–Trinajstić information content (AvgIpc) is 3.59. The average molecular weight is 465 g/mol. The van der Waals surface area contributed by atoms with Crippen LogP contribution in [-0.4, -0.2) is 66.9 Å². The Morgan fingerprint density at radius 2 is 1.71 bits per heavy atom. The number of nitrogens with zero attached hydrogens (tertiary/aromatic N) is 1. The van der Waals surface area contributed by atoms with Gasteiger partial charge in [0.2, 0.25) is 5.91 Å². The van der Waals surface area contributed by atoms with Gasteiger partial charge in [0.05, 0.1) is 24.5 Å². The second kappa shape index (κ2) is 9.46. The maximum atomic E-state index is 12.7. The van der Waals surface area contributed by atoms with E-state index in [1.807, 2.05) is 24.3 Å². The summed E-state index contributed by atoms with van der Waals surface area (Å²) in [7, 11) is 0. The number of hydrogen-bond donors (Lipinski definition) is 2. The number of likely N-dealkylation sites (tertiary alicyclic amines) is 1. The van der Waals surface area contributed by atoms with Crippen LogP contribution >= 0.6 is 0 Å². The van der Waals surface area contributed by atoms with E-state index >= 15 is 0 Å². The number of nitrogens with one attached hydrogen (secondary N) is 1. The number of carbonyl (C=O) groups is 3. The minimum absolute atomic E-state index is 0.00188. The Bertz CT molecular complexity index is 1060. The molecule has 2 saturated heterocycles. The largest absolute Gasteiger partial charge is 0.481 e. The summed E-state index contributed by atoms with van der Waals surface area (Å²) in [5, 5.41) is 11.9. The fourth-order valence-corrected chi connectivity index (χ4v) is 5.29. The SMILES string of the molecule is O=C(NC[C@@H]1C[C@H](C(=O)N2CCC(C(=O)O)C2)CO1)OCC1c2ccccc2-c2ccccc21. The monoisotopic (exact) mass is 464 g/mol. The van der Waals surface area contributed by atoms with Crippen molar-refractivity contribution >= 4 is 18.0 Å². The highest BCUT2D eigenvalue weighted by atomic mass is 16.5. The van der Waals surface area contributed by atoms with Gasteiger partial charge in [-0.05, 0) is 35.1 Å². The van der Waals surface area contributed by atoms with Crippen molar-refractivity contribution in [2.24, 2.45) is 11.8 Å². The minimum Gasteiger partial charge on any atom is -0.481 e. The number of alkyl carbamates (subject to hydrolysis) is 1. The first-order chi connectivity index (χ1) is 16.5. The molecule has 1 unspecified atom stereocenters. The summed E-state index contributed by atoms with van der Waals surface area (Å²) in [5.41, 5.74) is 4.66. The first-order valence-corrected chi connectivity index (χ1v) is 11.7. The van der Waals surface area contributed by atoms with Crippen molar-refractivity contribution in [3.8, 4) is 11.1 Å². The molecule has 2 fully saturated rings. The van der Waals surface area contributed by atoms with Gasteiger partial charge in [-0.25, -0.2) is 4.79 Å². The van der Waals surface area contributed by atoms with Crippen molar-refractivity contribution in [1.82, 2.24) is 10.2 Å². The van der Waals surface area contributed by atoms with Gasteiger partial charge >= 0.3 is 12.1 Å². The number of carboxylic acid groups (broad SMARTS) is 1. The van der Waals surface area contributed by atoms with Crippen LogP contribution in [0.1, 0.15) is 29.9 Å². The molecule has 0 bridgehead atoms. The number of benzene rings is 2. The molecule has 0 saturated carbocycles. The van der Waals surface area contributed by atoms with E-state index in [4.69, 9.17) is 14.6 Å². The van der Waals surface area contributed by atoms with E-state index in [2.05, 4.69) is 29.6 Å². The molecule has 8 heteroatoms. The summed E-state index contributed by atoms with van der Waals surface area (Å²) >= 11 is 0. The predicted octanol–water partition coefficient (Wildman–Crippen LogP) is 2.86. The van der Waals surface area contributed by atoms with E-state index in [0.29, 0.717) is 19.4 Å². The first kappa shape index (κ1) is 22.4. The van der Waals surface area contributed by atoms with Crippen molar-refractivity contribution in [2.75, 3.05) is 32.8 Å². The van der Waals surface area contributed by atoms with Gasteiger partial charge in [0.25, 0.3) is 0 Å². The standard InChI is InChI=1S/C26H28N2O6/c29-24(28-10-9-16(13-28)25(30)31)17-11-18(33-14-17)12-27-26(32)34-15-23-21-7-3-1-5-19(21)20-6-2-4-8-22(20)23/h1-8,16-18,23H,9-15H2,(H,27,32)(H,30,31)/t16?,17-,18-/m0/s1. The van der Waals surface area contributed by atoms with Gasteiger partial charge in [-0.3, -0.25) is 9.59 Å². The molecule has 2 N–H and O–H groups in total. The molecule has 0 radical (unpaired) electrons. The second-order valence-corrected chi connectivity index (χ2v) is 9.20. The van der Waals surface area contributed by atoms with Gasteiger partial charge in [-0.2, -0.15) is 0 Å². The highest BCUT2D eigenvalue weighted by molar-refractivity contribution is 5.81. The lowest BCUT2D eigenvalue weighted by Gasteiger charge is -2.19. The number of rotatable bonds is 6. The van der Waals surface area contributed by atoms with E-state index in [9.17, 15) is 14.4 Å². The molecule has 34 heavy (non-hydrogen) atoms. The normalized spacial score (nSPS) is 23.4. The van der Waals surface area contributed by atoms with Crippen LogP contribution in [0.25, 0.3) is 11.1 Å². The molecule has 3 aliphatic rings. The molecular weight excluding hydrogens is 436 g/mol. The van der Waals surface area contributed by atoms with Gasteiger partial charge in [-0.1, -0.05) is 48.5 Å². The molecular formula is C26H28N2O6. The zero-order chi connectivity index (χ0) is 23.7. The number of aliphatic carboxylic acids is 1. The molecule has 2 amide bonds. The molecule has 2 aromatic carbocycles. The Morgan fingerprint density at radius 3 is 2.35 bits per heavy atom. The number of ether oxygens (including phenoxy) is 2. The van der Waals surface area contributed by atoms with E-state index in [0.717, 1.165) is 11.1 Å². The first-order valence-electron chi connectivity index (χ1n) is 11.7. The Morgan fingerprint density at radius 1 is 1.03 bits per heavy atom. The molecule has 3 atom stereocenters. The molecule has 2 aliphatic heterocycles. The highest BCUT2D eigenvalue weighted by Crippen LogP contribution is 2.44. The molecule has 5 rings (SSSR count). The van der Waals surface area contributed by atoms with Crippen LogP contribution < -0.4 is 5.32 Å². The lowest BCUT2D eigenvalue weighted by atomic mass is 9.98. The Hall–Kier alpha value is -3.39. The maximum Gasteiger partial charge on any atom is 0.407 e. The maximum absolute atomic E-state index is 12.7. The second-order valence-electron chi connectivity index (χ2n) is 9.20. The van der Waals surface area contributed by atoms with Crippen LogP contribution in [-0.2, 0) is 19.1 Å². The molecule has 0 spiro atoms. The molecule has 2 heterocycles. The van der Waals surface area contributed by atoms with E-state index in [-0.39, 0.29) is 50.2 Å². The molecule has 0 aromatic heterocycles. The Balaban J connectivity index is 1.09. The molecule has 1 aliphatic carbocycles. The summed E-state index contributed by atoms with van der Waals surface area (Å²) in [6, 6.07) is 16.3. The quantitative estimate of drug-likeness (QED) is 0.681. The fourth-order valence-electron chi connectivity index (χ4n) is 5.29. The van der Waals surface area contributed by atoms with Crippen LogP contribution in [0.5, 0.6) is 0 Å². The van der Waals surface area contributed by atoms with E-state index in [1.54, 1.807) is 4.90 Å². The predicted molar refractivity (Wildman–Crippen MR) is 123 cm³/mol. The topological polar surface area (TPSA) is 105 Å². The van der Waals surface area contributed by atoms with Crippen LogP contribution in [0.4, 0.5) is 4.79 Å². The van der Waals surface area contributed by atoms with Crippen molar-refractivity contribution in [1.29, 1.82) is 0 Å². The minimum atomic E-state index is -0.858. The smallest absolute Gasteiger partial charge is 0.407 e. The highest BCUT2D eigenvalue weighted by Gasteiger charge is 2.38. The lowest BCUT2D eigenvalue weighted by molar-refractivity contribution is -0.141. The summed E-state index contributed by atoms with van der Waals surface area (Å²) in [4.78, 5) is 37.8. The number of fused-ring (bicyclic) bond motifs is 3. The Labute approximate surface area is 197 Å². The van der Waals surface area contributed by atoms with E-state index in [1.165, 1.54) is 11.1 Å². The summed E-state index contributed by atoms with van der Waals surface area (Å²) < 4.78 is 11.3. The van der Waals surface area contributed by atoms with Crippen molar-refractivity contribution in [2.45, 2.75) is 24.9 Å². The summed E-state index contributed by atoms with van der Waals surface area (Å²) in [5.74, 6) is -1.72. The van der Waals surface area contributed by atoms with Crippen LogP contribution in [0, 0.1) is 11.8 Å². The molecule has 178 valence electrons. The van der Waals surface area contributed by atoms with E-state index < -0.39 is 18.0 Å². The van der Waals surface area contributed by atoms with Gasteiger partial charge in [0.15, 0.2) is 0 Å². The third-order valence-corrected chi connectivity index (χ3v) is 7.10. The van der Waals surface area contributed by atoms with Gasteiger partial charge in [0.1, 0.15) is 6.61 Å². The van der Waals surface area contributed by atoms with Gasteiger partial charge in [0, 0.05) is 25.6 Å².